The standard InChI is InChI=1S/C23H25F2N3O2SSi/c1-13-10-14(19-16(11-13)27-18(12-26-19)29-22(24)25)21-28-15-8-7-9-17(20(15)31-21)30-32(5,6)23(2,3)4/h7-12,22H,1-6H3. The van der Waals surface area contributed by atoms with Gasteiger partial charge in [0.2, 0.25) is 5.88 Å². The normalized spacial score (nSPS) is 12.7. The molecule has 32 heavy (non-hydrogen) atoms. The van der Waals surface area contributed by atoms with E-state index in [2.05, 4.69) is 48.6 Å². The number of benzene rings is 2. The minimum absolute atomic E-state index is 0.0724. The molecule has 0 aliphatic rings. The molecule has 0 atom stereocenters. The van der Waals surface area contributed by atoms with Crippen LogP contribution in [0, 0.1) is 6.92 Å². The summed E-state index contributed by atoms with van der Waals surface area (Å²) in [5.41, 5.74) is 3.64. The summed E-state index contributed by atoms with van der Waals surface area (Å²) in [6, 6.07) is 9.69. The highest BCUT2D eigenvalue weighted by atomic mass is 32.1. The van der Waals surface area contributed by atoms with Gasteiger partial charge in [-0.2, -0.15) is 8.78 Å². The van der Waals surface area contributed by atoms with Crippen molar-refractivity contribution < 1.29 is 17.9 Å². The van der Waals surface area contributed by atoms with Gasteiger partial charge in [-0.25, -0.2) is 15.0 Å². The van der Waals surface area contributed by atoms with E-state index < -0.39 is 14.9 Å². The van der Waals surface area contributed by atoms with Crippen molar-refractivity contribution in [3.05, 3.63) is 42.1 Å². The lowest BCUT2D eigenvalue weighted by molar-refractivity contribution is -0.0528. The zero-order valence-electron chi connectivity index (χ0n) is 18.9. The monoisotopic (exact) mass is 473 g/mol. The number of alkyl halides is 2. The van der Waals surface area contributed by atoms with Crippen molar-refractivity contribution in [2.75, 3.05) is 0 Å². The van der Waals surface area contributed by atoms with Gasteiger partial charge in [0.05, 0.1) is 27.4 Å². The number of aryl methyl sites for hydroxylation is 1. The second kappa shape index (κ2) is 8.04. The number of ether oxygens (including phenoxy) is 1. The number of rotatable bonds is 5. The lowest BCUT2D eigenvalue weighted by Crippen LogP contribution is -2.43. The minimum atomic E-state index is -2.95. The summed E-state index contributed by atoms with van der Waals surface area (Å²) >= 11 is 1.53. The van der Waals surface area contributed by atoms with Crippen molar-refractivity contribution >= 4 is 40.9 Å². The van der Waals surface area contributed by atoms with Gasteiger partial charge in [0.1, 0.15) is 10.8 Å². The Balaban J connectivity index is 1.82. The molecule has 2 aromatic heterocycles. The summed E-state index contributed by atoms with van der Waals surface area (Å²) < 4.78 is 37.1. The zero-order chi connectivity index (χ0) is 23.3. The predicted octanol–water partition coefficient (Wildman–Crippen LogP) is 7.20. The second-order valence-electron chi connectivity index (χ2n) is 9.25. The number of nitrogens with zero attached hydrogens (tertiary/aromatic N) is 3. The van der Waals surface area contributed by atoms with Gasteiger partial charge in [-0.05, 0) is 54.9 Å². The lowest BCUT2D eigenvalue weighted by atomic mass is 10.1. The van der Waals surface area contributed by atoms with E-state index in [1.807, 2.05) is 31.2 Å². The Bertz CT molecular complexity index is 1300. The average Bonchev–Trinajstić information content (AvgIpc) is 3.10. The molecule has 0 amide bonds. The van der Waals surface area contributed by atoms with E-state index in [9.17, 15) is 8.78 Å². The molecule has 0 N–H and O–H groups in total. The third-order valence-corrected chi connectivity index (χ3v) is 11.2. The highest BCUT2D eigenvalue weighted by molar-refractivity contribution is 7.22. The first-order chi connectivity index (χ1) is 14.9. The summed E-state index contributed by atoms with van der Waals surface area (Å²) in [7, 11) is -2.02. The molecule has 168 valence electrons. The molecule has 0 fully saturated rings. The molecular formula is C23H25F2N3O2SSi. The number of fused-ring (bicyclic) bond motifs is 2. The Morgan fingerprint density at radius 1 is 1.06 bits per heavy atom. The van der Waals surface area contributed by atoms with Gasteiger partial charge in [0, 0.05) is 5.56 Å². The summed E-state index contributed by atoms with van der Waals surface area (Å²) in [4.78, 5) is 13.4. The van der Waals surface area contributed by atoms with E-state index in [0.29, 0.717) is 11.0 Å². The molecule has 4 rings (SSSR count). The Hall–Kier alpha value is -2.65. The van der Waals surface area contributed by atoms with E-state index in [1.165, 1.54) is 17.5 Å². The molecule has 2 aromatic carbocycles. The number of halogens is 2. The molecule has 0 saturated heterocycles. The fraction of sp³-hybridized carbons (Fsp3) is 0.348. The summed E-state index contributed by atoms with van der Waals surface area (Å²) in [6.07, 6.45) is 1.21. The maximum atomic E-state index is 12.6. The predicted molar refractivity (Wildman–Crippen MR) is 127 cm³/mol. The van der Waals surface area contributed by atoms with Crippen LogP contribution >= 0.6 is 11.3 Å². The molecule has 0 unspecified atom stereocenters. The van der Waals surface area contributed by atoms with E-state index in [-0.39, 0.29) is 10.9 Å². The fourth-order valence-electron chi connectivity index (χ4n) is 3.11. The van der Waals surface area contributed by atoms with Crippen molar-refractivity contribution in [1.82, 2.24) is 15.0 Å². The molecule has 0 aliphatic carbocycles. The highest BCUT2D eigenvalue weighted by Gasteiger charge is 2.39. The third kappa shape index (κ3) is 4.31. The van der Waals surface area contributed by atoms with Crippen LogP contribution in [0.25, 0.3) is 31.8 Å². The second-order valence-corrected chi connectivity index (χ2v) is 15.0. The maximum absolute atomic E-state index is 12.6. The molecule has 9 heteroatoms. The van der Waals surface area contributed by atoms with Crippen LogP contribution in [0.4, 0.5) is 8.78 Å². The van der Waals surface area contributed by atoms with Gasteiger partial charge < -0.3 is 9.16 Å². The first-order valence-corrected chi connectivity index (χ1v) is 14.0. The lowest BCUT2D eigenvalue weighted by Gasteiger charge is -2.36. The Kier molecular flexibility index (Phi) is 5.66. The molecule has 0 spiro atoms. The van der Waals surface area contributed by atoms with Crippen LogP contribution in [0.15, 0.2) is 36.5 Å². The summed E-state index contributed by atoms with van der Waals surface area (Å²) in [5.74, 6) is 0.631. The Labute approximate surface area is 190 Å². The van der Waals surface area contributed by atoms with Crippen LogP contribution in [-0.2, 0) is 0 Å². The first kappa shape index (κ1) is 22.5. The molecule has 0 bridgehead atoms. The summed E-state index contributed by atoms with van der Waals surface area (Å²) in [5, 5.41) is 0.847. The first-order valence-electron chi connectivity index (χ1n) is 10.3. The number of hydrogen-bond donors (Lipinski definition) is 0. The SMILES string of the molecule is Cc1cc(-c2nc3cccc(O[Si](C)(C)C(C)(C)C)c3s2)c2ncc(OC(F)F)nc2c1. The maximum Gasteiger partial charge on any atom is 0.388 e. The van der Waals surface area contributed by atoms with Crippen molar-refractivity contribution in [1.29, 1.82) is 0 Å². The molecule has 2 heterocycles. The molecule has 0 saturated carbocycles. The van der Waals surface area contributed by atoms with Crippen LogP contribution in [0.5, 0.6) is 11.6 Å². The largest absolute Gasteiger partial charge is 0.543 e. The Morgan fingerprint density at radius 2 is 1.81 bits per heavy atom. The molecule has 0 radical (unpaired) electrons. The van der Waals surface area contributed by atoms with E-state index in [0.717, 1.165) is 32.1 Å². The number of hydrogen-bond acceptors (Lipinski definition) is 6. The zero-order valence-corrected chi connectivity index (χ0v) is 20.7. The smallest absolute Gasteiger partial charge is 0.388 e. The van der Waals surface area contributed by atoms with Gasteiger partial charge in [-0.3, -0.25) is 0 Å². The fourth-order valence-corrected chi connectivity index (χ4v) is 5.24. The van der Waals surface area contributed by atoms with Gasteiger partial charge in [-0.15, -0.1) is 11.3 Å². The average molecular weight is 474 g/mol. The third-order valence-electron chi connectivity index (χ3n) is 5.76. The molecule has 0 aliphatic heterocycles. The van der Waals surface area contributed by atoms with E-state index in [1.54, 1.807) is 6.07 Å². The van der Waals surface area contributed by atoms with Crippen LogP contribution in [0.1, 0.15) is 26.3 Å². The quantitative estimate of drug-likeness (QED) is 0.287. The summed E-state index contributed by atoms with van der Waals surface area (Å²) in [6.45, 7) is 10.0. The molecule has 5 nitrogen and oxygen atoms in total. The van der Waals surface area contributed by atoms with Crippen molar-refractivity contribution in [2.24, 2.45) is 0 Å². The topological polar surface area (TPSA) is 57.1 Å². The number of thiazole rings is 1. The number of aromatic nitrogens is 3. The highest BCUT2D eigenvalue weighted by Crippen LogP contribution is 2.42. The molecular weight excluding hydrogens is 448 g/mol. The van der Waals surface area contributed by atoms with Crippen LogP contribution in [0.2, 0.25) is 18.1 Å². The van der Waals surface area contributed by atoms with Gasteiger partial charge in [0.25, 0.3) is 8.32 Å². The van der Waals surface area contributed by atoms with Gasteiger partial charge >= 0.3 is 6.61 Å². The minimum Gasteiger partial charge on any atom is -0.543 e. The van der Waals surface area contributed by atoms with Crippen molar-refractivity contribution in [3.8, 4) is 22.2 Å². The van der Waals surface area contributed by atoms with Crippen LogP contribution in [-0.4, -0.2) is 29.9 Å². The van der Waals surface area contributed by atoms with E-state index >= 15 is 0 Å². The Morgan fingerprint density at radius 3 is 2.50 bits per heavy atom. The molecule has 4 aromatic rings. The van der Waals surface area contributed by atoms with Crippen molar-refractivity contribution in [2.45, 2.75) is 52.4 Å². The van der Waals surface area contributed by atoms with Gasteiger partial charge in [0.15, 0.2) is 0 Å². The van der Waals surface area contributed by atoms with Crippen LogP contribution in [0.3, 0.4) is 0 Å². The van der Waals surface area contributed by atoms with E-state index in [4.69, 9.17) is 9.41 Å². The van der Waals surface area contributed by atoms with Crippen LogP contribution < -0.4 is 9.16 Å². The van der Waals surface area contributed by atoms with Gasteiger partial charge in [-0.1, -0.05) is 26.8 Å². The van der Waals surface area contributed by atoms with Crippen molar-refractivity contribution in [3.63, 3.8) is 0 Å².